The Balaban J connectivity index is 1.82. The molecule has 1 amide bonds. The number of rotatable bonds is 3. The Morgan fingerprint density at radius 2 is 2.24 bits per heavy atom. The van der Waals surface area contributed by atoms with Gasteiger partial charge in [0, 0.05) is 11.7 Å². The minimum absolute atomic E-state index is 0.126. The predicted octanol–water partition coefficient (Wildman–Crippen LogP) is 2.74. The zero-order valence-electron chi connectivity index (χ0n) is 11.6. The van der Waals surface area contributed by atoms with Gasteiger partial charge in [0.05, 0.1) is 11.4 Å². The molecule has 0 unspecified atom stereocenters. The monoisotopic (exact) mass is 304 g/mol. The number of thiophene rings is 1. The van der Waals surface area contributed by atoms with Crippen LogP contribution in [-0.2, 0) is 6.54 Å². The summed E-state index contributed by atoms with van der Waals surface area (Å²) in [5.41, 5.74) is 0. The van der Waals surface area contributed by atoms with Crippen LogP contribution in [0.25, 0.3) is 10.1 Å². The van der Waals surface area contributed by atoms with Gasteiger partial charge in [-0.2, -0.15) is 5.10 Å². The van der Waals surface area contributed by atoms with Gasteiger partial charge in [0.15, 0.2) is 5.82 Å². The van der Waals surface area contributed by atoms with Crippen molar-refractivity contribution in [1.29, 1.82) is 0 Å². The van der Waals surface area contributed by atoms with E-state index in [0.717, 1.165) is 10.1 Å². The van der Waals surface area contributed by atoms with E-state index in [9.17, 15) is 9.18 Å². The van der Waals surface area contributed by atoms with Gasteiger partial charge in [0.2, 0.25) is 0 Å². The van der Waals surface area contributed by atoms with Crippen molar-refractivity contribution in [2.24, 2.45) is 0 Å². The number of hydrogen-bond donors (Lipinski definition) is 1. The minimum atomic E-state index is -0.302. The molecule has 1 aromatic carbocycles. The lowest BCUT2D eigenvalue weighted by molar-refractivity contribution is 0.0786. The van der Waals surface area contributed by atoms with E-state index in [1.54, 1.807) is 31.0 Å². The molecule has 0 aliphatic heterocycles. The number of carbonyl (C=O) groups is 1. The summed E-state index contributed by atoms with van der Waals surface area (Å²) in [5, 5.41) is 7.49. The molecule has 1 N–H and O–H groups in total. The molecule has 2 aromatic heterocycles. The van der Waals surface area contributed by atoms with Crippen molar-refractivity contribution in [3.05, 3.63) is 46.6 Å². The minimum Gasteiger partial charge on any atom is -0.333 e. The van der Waals surface area contributed by atoms with E-state index in [2.05, 4.69) is 15.2 Å². The van der Waals surface area contributed by atoms with Crippen LogP contribution in [0.5, 0.6) is 0 Å². The van der Waals surface area contributed by atoms with Gasteiger partial charge in [-0.05, 0) is 36.6 Å². The summed E-state index contributed by atoms with van der Waals surface area (Å²) in [7, 11) is 1.69. The number of aromatic nitrogens is 3. The predicted molar refractivity (Wildman–Crippen MR) is 78.7 cm³/mol. The van der Waals surface area contributed by atoms with Gasteiger partial charge in [0.1, 0.15) is 11.6 Å². The lowest BCUT2D eigenvalue weighted by Gasteiger charge is -2.13. The van der Waals surface area contributed by atoms with E-state index in [1.807, 2.05) is 0 Å². The van der Waals surface area contributed by atoms with Crippen LogP contribution in [0.4, 0.5) is 4.39 Å². The Hall–Kier alpha value is -2.28. The summed E-state index contributed by atoms with van der Waals surface area (Å²) in [6.45, 7) is 2.13. The molecule has 0 aliphatic carbocycles. The molecular weight excluding hydrogens is 291 g/mol. The van der Waals surface area contributed by atoms with E-state index in [-0.39, 0.29) is 11.7 Å². The number of benzene rings is 1. The maximum absolute atomic E-state index is 13.2. The summed E-state index contributed by atoms with van der Waals surface area (Å²) in [6.07, 6.45) is 0. The van der Waals surface area contributed by atoms with Crippen molar-refractivity contribution in [1.82, 2.24) is 20.1 Å². The van der Waals surface area contributed by atoms with Crippen molar-refractivity contribution in [2.75, 3.05) is 7.05 Å². The van der Waals surface area contributed by atoms with Crippen LogP contribution in [-0.4, -0.2) is 33.0 Å². The summed E-state index contributed by atoms with van der Waals surface area (Å²) >= 11 is 1.35. The molecule has 5 nitrogen and oxygen atoms in total. The topological polar surface area (TPSA) is 61.9 Å². The Kier molecular flexibility index (Phi) is 3.42. The van der Waals surface area contributed by atoms with E-state index < -0.39 is 0 Å². The second-order valence-corrected chi connectivity index (χ2v) is 5.87. The zero-order chi connectivity index (χ0) is 15.0. The van der Waals surface area contributed by atoms with Gasteiger partial charge in [-0.25, -0.2) is 9.37 Å². The van der Waals surface area contributed by atoms with Crippen molar-refractivity contribution in [2.45, 2.75) is 13.5 Å². The van der Waals surface area contributed by atoms with Crippen LogP contribution in [0.2, 0.25) is 0 Å². The Morgan fingerprint density at radius 3 is 2.95 bits per heavy atom. The second kappa shape index (κ2) is 5.25. The number of H-pyrrole nitrogens is 1. The van der Waals surface area contributed by atoms with Gasteiger partial charge in [-0.1, -0.05) is 0 Å². The number of halogens is 1. The lowest BCUT2D eigenvalue weighted by atomic mass is 10.2. The molecule has 7 heteroatoms. The largest absolute Gasteiger partial charge is 0.333 e. The molecule has 0 aliphatic rings. The average Bonchev–Trinajstić information content (AvgIpc) is 3.03. The third-order valence-electron chi connectivity index (χ3n) is 3.06. The SMILES string of the molecule is Cc1nc(CN(C)C(=O)c2cc3cc(F)ccc3s2)n[nH]1. The number of aromatic amines is 1. The molecule has 0 fully saturated rings. The molecule has 0 saturated carbocycles. The molecule has 3 rings (SSSR count). The fourth-order valence-corrected chi connectivity index (χ4v) is 3.09. The number of amides is 1. The average molecular weight is 304 g/mol. The van der Waals surface area contributed by atoms with Gasteiger partial charge in [-0.3, -0.25) is 9.89 Å². The third-order valence-corrected chi connectivity index (χ3v) is 4.16. The first-order valence-corrected chi connectivity index (χ1v) is 7.17. The summed E-state index contributed by atoms with van der Waals surface area (Å²) in [6, 6.07) is 6.23. The van der Waals surface area contributed by atoms with Crippen molar-refractivity contribution in [3.63, 3.8) is 0 Å². The summed E-state index contributed by atoms with van der Waals surface area (Å²) in [4.78, 5) is 18.7. The van der Waals surface area contributed by atoms with Crippen LogP contribution in [0.1, 0.15) is 21.3 Å². The van der Waals surface area contributed by atoms with Gasteiger partial charge >= 0.3 is 0 Å². The van der Waals surface area contributed by atoms with E-state index >= 15 is 0 Å². The number of fused-ring (bicyclic) bond motifs is 1. The molecule has 2 heterocycles. The molecule has 3 aromatic rings. The van der Waals surface area contributed by atoms with E-state index in [0.29, 0.717) is 23.1 Å². The van der Waals surface area contributed by atoms with Crippen LogP contribution < -0.4 is 0 Å². The number of nitrogens with zero attached hydrogens (tertiary/aromatic N) is 3. The lowest BCUT2D eigenvalue weighted by Crippen LogP contribution is -2.26. The third kappa shape index (κ3) is 2.78. The number of aryl methyl sites for hydroxylation is 1. The fourth-order valence-electron chi connectivity index (χ4n) is 2.05. The maximum Gasteiger partial charge on any atom is 0.264 e. The normalized spacial score (nSPS) is 11.0. The highest BCUT2D eigenvalue weighted by atomic mass is 32.1. The van der Waals surface area contributed by atoms with E-state index in [4.69, 9.17) is 0 Å². The molecule has 0 atom stereocenters. The highest BCUT2D eigenvalue weighted by molar-refractivity contribution is 7.20. The van der Waals surface area contributed by atoms with Crippen LogP contribution >= 0.6 is 11.3 Å². The second-order valence-electron chi connectivity index (χ2n) is 4.79. The van der Waals surface area contributed by atoms with Crippen molar-refractivity contribution >= 4 is 27.3 Å². The highest BCUT2D eigenvalue weighted by Gasteiger charge is 2.16. The summed E-state index contributed by atoms with van der Waals surface area (Å²) in [5.74, 6) is 0.849. The first-order valence-electron chi connectivity index (χ1n) is 6.35. The standard InChI is InChI=1S/C14H13FN4OS/c1-8-16-13(18-17-8)7-19(2)14(20)12-6-9-5-10(15)3-4-11(9)21-12/h3-6H,7H2,1-2H3,(H,16,17,18). The molecule has 21 heavy (non-hydrogen) atoms. The number of hydrogen-bond acceptors (Lipinski definition) is 4. The van der Waals surface area contributed by atoms with Gasteiger partial charge in [-0.15, -0.1) is 11.3 Å². The molecule has 108 valence electrons. The van der Waals surface area contributed by atoms with Crippen molar-refractivity contribution < 1.29 is 9.18 Å². The molecule has 0 spiro atoms. The molecular formula is C14H13FN4OS. The quantitative estimate of drug-likeness (QED) is 0.809. The molecule has 0 radical (unpaired) electrons. The Bertz CT molecular complexity index is 810. The maximum atomic E-state index is 13.2. The fraction of sp³-hybridized carbons (Fsp3) is 0.214. The zero-order valence-corrected chi connectivity index (χ0v) is 12.4. The smallest absolute Gasteiger partial charge is 0.264 e. The van der Waals surface area contributed by atoms with Crippen molar-refractivity contribution in [3.8, 4) is 0 Å². The highest BCUT2D eigenvalue weighted by Crippen LogP contribution is 2.27. The summed E-state index contributed by atoms with van der Waals surface area (Å²) < 4.78 is 14.1. The van der Waals surface area contributed by atoms with Gasteiger partial charge in [0.25, 0.3) is 5.91 Å². The first kappa shape index (κ1) is 13.7. The number of nitrogens with one attached hydrogen (secondary N) is 1. The molecule has 0 bridgehead atoms. The van der Waals surface area contributed by atoms with Gasteiger partial charge < -0.3 is 4.90 Å². The Morgan fingerprint density at radius 1 is 1.43 bits per heavy atom. The Labute approximate surface area is 124 Å². The first-order chi connectivity index (χ1) is 10.0. The molecule has 0 saturated heterocycles. The van der Waals surface area contributed by atoms with Crippen LogP contribution in [0.3, 0.4) is 0 Å². The number of carbonyl (C=O) groups excluding carboxylic acids is 1. The van der Waals surface area contributed by atoms with Crippen LogP contribution in [0.15, 0.2) is 24.3 Å². The van der Waals surface area contributed by atoms with E-state index in [1.165, 1.54) is 23.5 Å². The van der Waals surface area contributed by atoms with Crippen LogP contribution in [0, 0.1) is 12.7 Å².